The van der Waals surface area contributed by atoms with E-state index >= 15 is 0 Å². The Morgan fingerprint density at radius 3 is 2.19 bits per heavy atom. The van der Waals surface area contributed by atoms with E-state index < -0.39 is 22.4 Å². The second-order valence-electron chi connectivity index (χ2n) is 8.26. The summed E-state index contributed by atoms with van der Waals surface area (Å²) in [7, 11) is -1.85. The van der Waals surface area contributed by atoms with E-state index in [1.165, 1.54) is 30.8 Å². The van der Waals surface area contributed by atoms with Gasteiger partial charge in [-0.25, -0.2) is 0 Å². The smallest absolute Gasteiger partial charge is 0.245 e. The lowest BCUT2D eigenvalue weighted by Gasteiger charge is -2.34. The number of unbranched alkanes of at least 4 members (excludes halogenated alkanes) is 1. The summed E-state index contributed by atoms with van der Waals surface area (Å²) >= 11 is 0. The van der Waals surface area contributed by atoms with Crippen LogP contribution in [0, 0.1) is 0 Å². The molecule has 0 radical (unpaired) electrons. The number of likely N-dealkylation sites (N-methyl/N-ethyl adjacent to an activating group) is 1. The van der Waals surface area contributed by atoms with Crippen LogP contribution in [0.4, 0.5) is 0 Å². The molecule has 0 unspecified atom stereocenters. The van der Waals surface area contributed by atoms with E-state index in [1.807, 2.05) is 0 Å². The van der Waals surface area contributed by atoms with Crippen LogP contribution in [0.2, 0.25) is 38.3 Å². The quantitative estimate of drug-likeness (QED) is 0.201. The highest BCUT2D eigenvalue weighted by molar-refractivity contribution is 6.84. The Bertz CT molecular complexity index is 441. The summed E-state index contributed by atoms with van der Waals surface area (Å²) in [6, 6.07) is 2.18. The van der Waals surface area contributed by atoms with Crippen molar-refractivity contribution in [2.75, 3.05) is 26.8 Å². The molecule has 0 spiro atoms. The largest absolute Gasteiger partial charge is 0.455 e. The first-order valence-corrected chi connectivity index (χ1v) is 15.7. The molecule has 0 aromatic heterocycles. The van der Waals surface area contributed by atoms with Gasteiger partial charge >= 0.3 is 0 Å². The SMILES string of the molecule is C=CC(=O)N(C)CC(O)(O)COCCC[Si](C)(C)O[Si](C)(C)CCCC. The maximum Gasteiger partial charge on any atom is 0.245 e. The molecule has 0 fully saturated rings. The fourth-order valence-electron chi connectivity index (χ4n) is 2.95. The average molecular weight is 406 g/mol. The molecule has 0 saturated heterocycles. The van der Waals surface area contributed by atoms with Gasteiger partial charge in [-0.15, -0.1) is 0 Å². The van der Waals surface area contributed by atoms with Gasteiger partial charge in [0.15, 0.2) is 16.6 Å². The van der Waals surface area contributed by atoms with Crippen LogP contribution in [0.3, 0.4) is 0 Å². The van der Waals surface area contributed by atoms with Crippen molar-refractivity contribution in [3.63, 3.8) is 0 Å². The van der Waals surface area contributed by atoms with Crippen molar-refractivity contribution in [3.05, 3.63) is 12.7 Å². The Morgan fingerprint density at radius 2 is 1.69 bits per heavy atom. The van der Waals surface area contributed by atoms with Crippen molar-refractivity contribution in [3.8, 4) is 0 Å². The van der Waals surface area contributed by atoms with Gasteiger partial charge in [0.1, 0.15) is 6.61 Å². The van der Waals surface area contributed by atoms with E-state index in [0.29, 0.717) is 6.61 Å². The van der Waals surface area contributed by atoms with Crippen molar-refractivity contribution in [1.82, 2.24) is 4.90 Å². The zero-order chi connectivity index (χ0) is 20.4. The summed E-state index contributed by atoms with van der Waals surface area (Å²) in [5.74, 6) is -2.43. The zero-order valence-corrected chi connectivity index (χ0v) is 19.5. The van der Waals surface area contributed by atoms with E-state index in [0.717, 1.165) is 18.5 Å². The van der Waals surface area contributed by atoms with Crippen molar-refractivity contribution in [2.24, 2.45) is 0 Å². The molecule has 6 nitrogen and oxygen atoms in total. The van der Waals surface area contributed by atoms with Crippen LogP contribution in [0.25, 0.3) is 0 Å². The van der Waals surface area contributed by atoms with Crippen LogP contribution in [0.15, 0.2) is 12.7 Å². The molecule has 0 aromatic rings. The number of ether oxygens (including phenoxy) is 1. The molecule has 0 aliphatic rings. The summed E-state index contributed by atoms with van der Waals surface area (Å²) in [5.41, 5.74) is 0. The molecule has 0 aromatic carbocycles. The standard InChI is InChI=1S/C18H39NO5Si2/c1-8-10-13-25(4,5)24-26(6,7)14-11-12-23-16-18(21,22)15-19(3)17(20)9-2/h9,21-22H,2,8,10-16H2,1,3-7H3. The number of hydrogen-bond acceptors (Lipinski definition) is 5. The molecule has 0 rings (SSSR count). The molecular weight excluding hydrogens is 366 g/mol. The molecule has 26 heavy (non-hydrogen) atoms. The highest BCUT2D eigenvalue weighted by Gasteiger charge is 2.32. The van der Waals surface area contributed by atoms with Gasteiger partial charge < -0.3 is 24.0 Å². The number of rotatable bonds is 14. The lowest BCUT2D eigenvalue weighted by atomic mass is 10.3. The van der Waals surface area contributed by atoms with Gasteiger partial charge in [0, 0.05) is 13.7 Å². The minimum absolute atomic E-state index is 0.224. The Hall–Kier alpha value is -0.516. The predicted molar refractivity (Wildman–Crippen MR) is 111 cm³/mol. The van der Waals surface area contributed by atoms with Crippen LogP contribution in [0.5, 0.6) is 0 Å². The number of nitrogens with zero attached hydrogens (tertiary/aromatic N) is 1. The molecule has 0 atom stereocenters. The van der Waals surface area contributed by atoms with Gasteiger partial charge in [0.25, 0.3) is 0 Å². The summed E-state index contributed by atoms with van der Waals surface area (Å²) in [6.45, 7) is 14.6. The number of hydrogen-bond donors (Lipinski definition) is 2. The van der Waals surface area contributed by atoms with Crippen molar-refractivity contribution in [2.45, 2.75) is 70.2 Å². The molecule has 0 aliphatic carbocycles. The number of amides is 1. The fraction of sp³-hybridized carbons (Fsp3) is 0.833. The van der Waals surface area contributed by atoms with Gasteiger partial charge in [-0.2, -0.15) is 0 Å². The van der Waals surface area contributed by atoms with Gasteiger partial charge in [-0.1, -0.05) is 26.3 Å². The first-order chi connectivity index (χ1) is 11.8. The minimum atomic E-state index is -2.06. The third kappa shape index (κ3) is 12.0. The van der Waals surface area contributed by atoms with Crippen LogP contribution in [-0.4, -0.2) is 70.2 Å². The lowest BCUT2D eigenvalue weighted by Crippen LogP contribution is -2.47. The topological polar surface area (TPSA) is 79.2 Å². The van der Waals surface area contributed by atoms with E-state index in [4.69, 9.17) is 8.85 Å². The Kier molecular flexibility index (Phi) is 11.1. The normalized spacial score (nSPS) is 12.9. The highest BCUT2D eigenvalue weighted by atomic mass is 28.4. The molecule has 2 N–H and O–H groups in total. The van der Waals surface area contributed by atoms with Crippen molar-refractivity contribution in [1.29, 1.82) is 0 Å². The van der Waals surface area contributed by atoms with Crippen molar-refractivity contribution >= 4 is 22.5 Å². The van der Waals surface area contributed by atoms with E-state index in [9.17, 15) is 15.0 Å². The summed E-state index contributed by atoms with van der Waals surface area (Å²) in [4.78, 5) is 12.6. The van der Waals surface area contributed by atoms with Crippen LogP contribution < -0.4 is 0 Å². The molecule has 154 valence electrons. The van der Waals surface area contributed by atoms with E-state index in [1.54, 1.807) is 0 Å². The molecular formula is C18H39NO5Si2. The molecule has 0 saturated carbocycles. The maximum atomic E-state index is 11.4. The second-order valence-corrected chi connectivity index (χ2v) is 17.1. The minimum Gasteiger partial charge on any atom is -0.455 e. The third-order valence-electron chi connectivity index (χ3n) is 4.13. The number of carbonyl (C=O) groups excluding carboxylic acids is 1. The van der Waals surface area contributed by atoms with E-state index in [-0.39, 0.29) is 19.1 Å². The summed E-state index contributed by atoms with van der Waals surface area (Å²) in [6.07, 6.45) is 4.39. The van der Waals surface area contributed by atoms with Crippen LogP contribution in [-0.2, 0) is 13.6 Å². The number of carbonyl (C=O) groups is 1. The average Bonchev–Trinajstić information content (AvgIpc) is 2.50. The van der Waals surface area contributed by atoms with Crippen LogP contribution in [0.1, 0.15) is 26.2 Å². The van der Waals surface area contributed by atoms with Gasteiger partial charge in [-0.3, -0.25) is 4.79 Å². The Morgan fingerprint density at radius 1 is 1.15 bits per heavy atom. The monoisotopic (exact) mass is 405 g/mol. The number of aliphatic hydroxyl groups is 2. The second kappa shape index (κ2) is 11.4. The predicted octanol–water partition coefficient (Wildman–Crippen LogP) is 2.95. The molecule has 0 aliphatic heterocycles. The fourth-order valence-corrected chi connectivity index (χ4v) is 11.9. The third-order valence-corrected chi connectivity index (χ3v) is 11.7. The molecule has 1 amide bonds. The van der Waals surface area contributed by atoms with Gasteiger partial charge in [0.2, 0.25) is 11.7 Å². The lowest BCUT2D eigenvalue weighted by molar-refractivity contribution is -0.206. The van der Waals surface area contributed by atoms with Gasteiger partial charge in [0.05, 0.1) is 6.54 Å². The van der Waals surface area contributed by atoms with E-state index in [2.05, 4.69) is 39.7 Å². The molecule has 0 bridgehead atoms. The first-order valence-electron chi connectivity index (χ1n) is 9.44. The van der Waals surface area contributed by atoms with Crippen LogP contribution >= 0.6 is 0 Å². The highest BCUT2D eigenvalue weighted by Crippen LogP contribution is 2.24. The summed E-state index contributed by atoms with van der Waals surface area (Å²) in [5, 5.41) is 19.8. The summed E-state index contributed by atoms with van der Waals surface area (Å²) < 4.78 is 12.0. The zero-order valence-electron chi connectivity index (χ0n) is 17.5. The first kappa shape index (κ1) is 25.5. The Balaban J connectivity index is 4.16. The molecule has 8 heteroatoms. The maximum absolute atomic E-state index is 11.4. The molecule has 0 heterocycles. The van der Waals surface area contributed by atoms with Gasteiger partial charge in [-0.05, 0) is 50.8 Å². The Labute approximate surface area is 161 Å². The van der Waals surface area contributed by atoms with Crippen molar-refractivity contribution < 1.29 is 23.9 Å².